The molecule has 0 radical (unpaired) electrons. The summed E-state index contributed by atoms with van der Waals surface area (Å²) in [6, 6.07) is 6.50. The molecule has 1 atom stereocenters. The number of carbonyl (C=O) groups is 2. The summed E-state index contributed by atoms with van der Waals surface area (Å²) in [6.45, 7) is 4.61. The van der Waals surface area contributed by atoms with E-state index in [-0.39, 0.29) is 35.1 Å². The predicted molar refractivity (Wildman–Crippen MR) is 94.1 cm³/mol. The second kappa shape index (κ2) is 7.53. The average molecular weight is 367 g/mol. The van der Waals surface area contributed by atoms with Gasteiger partial charge in [0.25, 0.3) is 0 Å². The zero-order valence-corrected chi connectivity index (χ0v) is 15.8. The van der Waals surface area contributed by atoms with E-state index in [4.69, 9.17) is 0 Å². The third-order valence-electron chi connectivity index (χ3n) is 4.32. The molecule has 0 saturated carbocycles. The van der Waals surface area contributed by atoms with Gasteiger partial charge in [-0.25, -0.2) is 12.7 Å². The van der Waals surface area contributed by atoms with Crippen molar-refractivity contribution in [2.24, 2.45) is 5.92 Å². The van der Waals surface area contributed by atoms with Gasteiger partial charge in [-0.1, -0.05) is 12.1 Å². The van der Waals surface area contributed by atoms with Crippen LogP contribution in [0, 0.1) is 5.92 Å². The van der Waals surface area contributed by atoms with Crippen LogP contribution in [-0.4, -0.2) is 56.1 Å². The second-order valence-electron chi connectivity index (χ2n) is 6.69. The van der Waals surface area contributed by atoms with E-state index < -0.39 is 10.0 Å². The summed E-state index contributed by atoms with van der Waals surface area (Å²) in [6.07, 6.45) is 0.240. The molecule has 0 unspecified atom stereocenters. The first kappa shape index (κ1) is 19.4. The van der Waals surface area contributed by atoms with Crippen molar-refractivity contribution in [1.82, 2.24) is 14.5 Å². The van der Waals surface area contributed by atoms with Crippen LogP contribution in [0.4, 0.5) is 0 Å². The van der Waals surface area contributed by atoms with E-state index in [1.807, 2.05) is 13.8 Å². The van der Waals surface area contributed by atoms with Crippen LogP contribution in [0.3, 0.4) is 0 Å². The zero-order chi connectivity index (χ0) is 18.8. The average Bonchev–Trinajstić information content (AvgIpc) is 2.95. The van der Waals surface area contributed by atoms with Gasteiger partial charge in [0.15, 0.2) is 0 Å². The Labute approximate surface area is 149 Å². The van der Waals surface area contributed by atoms with E-state index in [2.05, 4.69) is 5.32 Å². The highest BCUT2D eigenvalue weighted by atomic mass is 32.2. The van der Waals surface area contributed by atoms with E-state index in [1.165, 1.54) is 26.2 Å². The van der Waals surface area contributed by atoms with Crippen molar-refractivity contribution in [1.29, 1.82) is 0 Å². The molecule has 0 spiro atoms. The van der Waals surface area contributed by atoms with Crippen LogP contribution in [-0.2, 0) is 26.2 Å². The Balaban J connectivity index is 1.94. The van der Waals surface area contributed by atoms with Crippen molar-refractivity contribution in [3.63, 3.8) is 0 Å². The number of benzene rings is 1. The van der Waals surface area contributed by atoms with Crippen molar-refractivity contribution >= 4 is 21.8 Å². The van der Waals surface area contributed by atoms with Gasteiger partial charge in [-0.05, 0) is 31.5 Å². The van der Waals surface area contributed by atoms with Crippen molar-refractivity contribution in [3.05, 3.63) is 29.8 Å². The minimum absolute atomic E-state index is 0.00777. The molecule has 1 aliphatic heterocycles. The highest BCUT2D eigenvalue weighted by Gasteiger charge is 2.35. The maximum Gasteiger partial charge on any atom is 0.242 e. The number of hydrogen-bond donors (Lipinski definition) is 1. The zero-order valence-electron chi connectivity index (χ0n) is 15.0. The largest absolute Gasteiger partial charge is 0.352 e. The van der Waals surface area contributed by atoms with Gasteiger partial charge in [-0.3, -0.25) is 9.59 Å². The number of hydrogen-bond acceptors (Lipinski definition) is 4. The smallest absolute Gasteiger partial charge is 0.242 e. The highest BCUT2D eigenvalue weighted by molar-refractivity contribution is 7.89. The van der Waals surface area contributed by atoms with Crippen LogP contribution in [0.2, 0.25) is 0 Å². The van der Waals surface area contributed by atoms with Gasteiger partial charge in [0.2, 0.25) is 21.8 Å². The summed E-state index contributed by atoms with van der Waals surface area (Å²) in [5.41, 5.74) is 0.802. The number of carbonyl (C=O) groups excluding carboxylic acids is 2. The molecule has 1 aromatic rings. The molecule has 0 aromatic heterocycles. The van der Waals surface area contributed by atoms with Gasteiger partial charge in [0, 0.05) is 39.6 Å². The SMILES string of the molecule is CC(C)N1C[C@H](C(=O)NCc2ccc(S(=O)(=O)N(C)C)cc2)CC1=O. The Hall–Kier alpha value is -1.93. The molecule has 2 rings (SSSR count). The van der Waals surface area contributed by atoms with E-state index in [0.29, 0.717) is 13.1 Å². The summed E-state index contributed by atoms with van der Waals surface area (Å²) >= 11 is 0. The van der Waals surface area contributed by atoms with Gasteiger partial charge in [-0.2, -0.15) is 0 Å². The van der Waals surface area contributed by atoms with E-state index >= 15 is 0 Å². The third-order valence-corrected chi connectivity index (χ3v) is 6.15. The maximum atomic E-state index is 12.3. The number of nitrogens with zero attached hydrogens (tertiary/aromatic N) is 2. The van der Waals surface area contributed by atoms with E-state index in [1.54, 1.807) is 17.0 Å². The molecule has 0 aliphatic carbocycles. The molecule has 1 fully saturated rings. The molecule has 1 aliphatic rings. The van der Waals surface area contributed by atoms with Crippen molar-refractivity contribution in [3.8, 4) is 0 Å². The molecule has 138 valence electrons. The summed E-state index contributed by atoms with van der Waals surface area (Å²) in [5.74, 6) is -0.474. The molecule has 1 N–H and O–H groups in total. The number of nitrogens with one attached hydrogen (secondary N) is 1. The van der Waals surface area contributed by atoms with Gasteiger partial charge >= 0.3 is 0 Å². The van der Waals surface area contributed by atoms with Crippen molar-refractivity contribution in [2.75, 3.05) is 20.6 Å². The summed E-state index contributed by atoms with van der Waals surface area (Å²) in [5, 5.41) is 2.82. The van der Waals surface area contributed by atoms with E-state index in [9.17, 15) is 18.0 Å². The van der Waals surface area contributed by atoms with Crippen LogP contribution in [0.15, 0.2) is 29.2 Å². The van der Waals surface area contributed by atoms with E-state index in [0.717, 1.165) is 9.87 Å². The normalized spacial score (nSPS) is 18.2. The van der Waals surface area contributed by atoms with Crippen molar-refractivity contribution in [2.45, 2.75) is 37.8 Å². The van der Waals surface area contributed by atoms with Gasteiger partial charge in [0.05, 0.1) is 10.8 Å². The topological polar surface area (TPSA) is 86.8 Å². The van der Waals surface area contributed by atoms with Gasteiger partial charge < -0.3 is 10.2 Å². The lowest BCUT2D eigenvalue weighted by molar-refractivity contribution is -0.130. The first-order chi connectivity index (χ1) is 11.6. The fourth-order valence-corrected chi connectivity index (χ4v) is 3.63. The number of amides is 2. The van der Waals surface area contributed by atoms with Crippen LogP contribution in [0.1, 0.15) is 25.8 Å². The quantitative estimate of drug-likeness (QED) is 0.806. The lowest BCUT2D eigenvalue weighted by Crippen LogP contribution is -2.35. The molecule has 7 nitrogen and oxygen atoms in total. The first-order valence-corrected chi connectivity index (χ1v) is 9.65. The van der Waals surface area contributed by atoms with Crippen LogP contribution in [0.5, 0.6) is 0 Å². The van der Waals surface area contributed by atoms with Gasteiger partial charge in [-0.15, -0.1) is 0 Å². The predicted octanol–water partition coefficient (Wildman–Crippen LogP) is 0.810. The number of rotatable bonds is 6. The monoisotopic (exact) mass is 367 g/mol. The Bertz CT molecular complexity index is 742. The Morgan fingerprint density at radius 3 is 2.36 bits per heavy atom. The molecule has 1 heterocycles. The number of sulfonamides is 1. The Morgan fingerprint density at radius 2 is 1.88 bits per heavy atom. The lowest BCUT2D eigenvalue weighted by Gasteiger charge is -2.20. The molecular formula is C17H25N3O4S. The Kier molecular flexibility index (Phi) is 5.84. The molecule has 1 aromatic carbocycles. The molecular weight excluding hydrogens is 342 g/mol. The molecule has 25 heavy (non-hydrogen) atoms. The minimum atomic E-state index is -3.46. The van der Waals surface area contributed by atoms with Crippen LogP contribution in [0.25, 0.3) is 0 Å². The van der Waals surface area contributed by atoms with Crippen LogP contribution >= 0.6 is 0 Å². The number of likely N-dealkylation sites (tertiary alicyclic amines) is 1. The molecule has 2 amide bonds. The summed E-state index contributed by atoms with van der Waals surface area (Å²) in [7, 11) is -0.498. The summed E-state index contributed by atoms with van der Waals surface area (Å²) in [4.78, 5) is 26.1. The first-order valence-electron chi connectivity index (χ1n) is 8.21. The lowest BCUT2D eigenvalue weighted by atomic mass is 10.1. The van der Waals surface area contributed by atoms with Crippen molar-refractivity contribution < 1.29 is 18.0 Å². The standard InChI is InChI=1S/C17H25N3O4S/c1-12(2)20-11-14(9-16(20)21)17(22)18-10-13-5-7-15(8-6-13)25(23,24)19(3)4/h5-8,12,14H,9-11H2,1-4H3,(H,18,22)/t14-/m1/s1. The van der Waals surface area contributed by atoms with Crippen LogP contribution < -0.4 is 5.32 Å². The molecule has 0 bridgehead atoms. The third kappa shape index (κ3) is 4.38. The Morgan fingerprint density at radius 1 is 1.28 bits per heavy atom. The minimum Gasteiger partial charge on any atom is -0.352 e. The summed E-state index contributed by atoms with van der Waals surface area (Å²) < 4.78 is 25.2. The highest BCUT2D eigenvalue weighted by Crippen LogP contribution is 2.20. The molecule has 1 saturated heterocycles. The fraction of sp³-hybridized carbons (Fsp3) is 0.529. The van der Waals surface area contributed by atoms with Gasteiger partial charge in [0.1, 0.15) is 0 Å². The fourth-order valence-electron chi connectivity index (χ4n) is 2.73. The maximum absolute atomic E-state index is 12.3. The molecule has 8 heteroatoms. The second-order valence-corrected chi connectivity index (χ2v) is 8.84.